The fraction of sp³-hybridized carbons (Fsp3) is 0.450. The highest BCUT2D eigenvalue weighted by molar-refractivity contribution is 7.27. The van der Waals surface area contributed by atoms with Crippen molar-refractivity contribution in [2.75, 3.05) is 0 Å². The number of hydrogen-bond acceptors (Lipinski definition) is 1. The van der Waals surface area contributed by atoms with Crippen LogP contribution in [0.2, 0.25) is 0 Å². The number of benzene rings is 2. The molecule has 6 rings (SSSR count). The number of rotatable bonds is 2. The molecule has 2 heteroatoms. The molecule has 218 valence electrons. The van der Waals surface area contributed by atoms with Crippen molar-refractivity contribution in [2.45, 2.75) is 110 Å². The van der Waals surface area contributed by atoms with E-state index in [1.54, 1.807) is 26.4 Å². The first-order chi connectivity index (χ1) is 19.8. The van der Waals surface area contributed by atoms with Crippen molar-refractivity contribution in [3.63, 3.8) is 0 Å². The van der Waals surface area contributed by atoms with Crippen LogP contribution in [0.3, 0.4) is 0 Å². The SMILES string of the molecule is Cc1cccc(B2C3=CC=CC(C)C=C3CCC(c3ccc(C(C)(C)C)cc3)c3c2sc2c3C(C)(C)CCC2(C)C)c1. The minimum absolute atomic E-state index is 0.155. The molecule has 2 atom stereocenters. The van der Waals surface area contributed by atoms with Crippen LogP contribution >= 0.6 is 11.3 Å². The summed E-state index contributed by atoms with van der Waals surface area (Å²) in [6.45, 7) is 21.9. The molecule has 0 saturated carbocycles. The van der Waals surface area contributed by atoms with Crippen molar-refractivity contribution in [3.05, 3.63) is 117 Å². The topological polar surface area (TPSA) is 0 Å². The van der Waals surface area contributed by atoms with Crippen LogP contribution in [0.5, 0.6) is 0 Å². The Kier molecular flexibility index (Phi) is 7.41. The first kappa shape index (κ1) is 29.5. The molecule has 0 bridgehead atoms. The Balaban J connectivity index is 1.68. The number of fused-ring (bicyclic) bond motifs is 4. The quantitative estimate of drug-likeness (QED) is 0.268. The summed E-state index contributed by atoms with van der Waals surface area (Å²) < 4.78 is 1.60. The van der Waals surface area contributed by atoms with E-state index < -0.39 is 0 Å². The van der Waals surface area contributed by atoms with Gasteiger partial charge in [0.1, 0.15) is 0 Å². The van der Waals surface area contributed by atoms with Crippen molar-refractivity contribution >= 4 is 28.3 Å². The number of allylic oxidation sites excluding steroid dienone is 6. The number of thiophene rings is 1. The molecular weight excluding hydrogens is 523 g/mol. The molecular formula is C40H49BS. The summed E-state index contributed by atoms with van der Waals surface area (Å²) in [6, 6.07) is 19.1. The smallest absolute Gasteiger partial charge is 0.153 e. The lowest BCUT2D eigenvalue weighted by Gasteiger charge is -2.41. The average Bonchev–Trinajstić information content (AvgIpc) is 3.22. The maximum absolute atomic E-state index is 2.56. The van der Waals surface area contributed by atoms with Gasteiger partial charge in [0.2, 0.25) is 0 Å². The lowest BCUT2D eigenvalue weighted by molar-refractivity contribution is 0.336. The van der Waals surface area contributed by atoms with E-state index in [-0.39, 0.29) is 23.0 Å². The van der Waals surface area contributed by atoms with Gasteiger partial charge in [0.05, 0.1) is 0 Å². The molecule has 0 saturated heterocycles. The zero-order valence-electron chi connectivity index (χ0n) is 27.4. The summed E-state index contributed by atoms with van der Waals surface area (Å²) in [5.74, 6) is 0.841. The second kappa shape index (κ2) is 10.5. The highest BCUT2D eigenvalue weighted by atomic mass is 32.1. The molecule has 2 unspecified atom stereocenters. The molecule has 0 radical (unpaired) electrons. The highest BCUT2D eigenvalue weighted by Crippen LogP contribution is 2.53. The van der Waals surface area contributed by atoms with Gasteiger partial charge in [-0.15, -0.1) is 0 Å². The Morgan fingerprint density at radius 2 is 1.64 bits per heavy atom. The minimum atomic E-state index is 0.155. The predicted octanol–water partition coefficient (Wildman–Crippen LogP) is 9.84. The van der Waals surface area contributed by atoms with E-state index in [4.69, 9.17) is 0 Å². The number of hydrogen-bond donors (Lipinski definition) is 0. The first-order valence-corrected chi connectivity index (χ1v) is 17.0. The van der Waals surface area contributed by atoms with Crippen LogP contribution < -0.4 is 10.2 Å². The molecule has 0 amide bonds. The van der Waals surface area contributed by atoms with Gasteiger partial charge in [-0.1, -0.05) is 150 Å². The zero-order chi connectivity index (χ0) is 30.0. The zero-order valence-corrected chi connectivity index (χ0v) is 28.2. The highest BCUT2D eigenvalue weighted by Gasteiger charge is 2.46. The van der Waals surface area contributed by atoms with E-state index >= 15 is 0 Å². The molecule has 0 spiro atoms. The summed E-state index contributed by atoms with van der Waals surface area (Å²) >= 11 is 2.16. The molecule has 2 heterocycles. The standard InChI is InChI=1S/C40H49BS/c1-26-13-11-15-33-29(24-26)18-21-32(28-16-19-30(20-17-28)38(3,4)5)34-35-36(40(8,9)23-22-39(35,6)7)42-37(34)41(33)31-14-10-12-27(2)25-31/h10-17,19-20,24-26,32H,18,21-23H2,1-9H3. The number of aryl methyl sites for hydroxylation is 1. The maximum Gasteiger partial charge on any atom is 0.254 e. The Morgan fingerprint density at radius 1 is 0.929 bits per heavy atom. The van der Waals surface area contributed by atoms with Gasteiger partial charge in [0, 0.05) is 10.8 Å². The van der Waals surface area contributed by atoms with Crippen molar-refractivity contribution in [2.24, 2.45) is 5.92 Å². The summed E-state index contributed by atoms with van der Waals surface area (Å²) in [7, 11) is 0. The predicted molar refractivity (Wildman–Crippen MR) is 186 cm³/mol. The molecule has 1 aliphatic heterocycles. The molecule has 0 fully saturated rings. The third-order valence-electron chi connectivity index (χ3n) is 10.3. The normalized spacial score (nSPS) is 23.0. The van der Waals surface area contributed by atoms with E-state index in [1.807, 2.05) is 0 Å². The third kappa shape index (κ3) is 5.23. The van der Waals surface area contributed by atoms with Crippen molar-refractivity contribution < 1.29 is 0 Å². The Labute approximate surface area is 260 Å². The van der Waals surface area contributed by atoms with E-state index in [1.165, 1.54) is 40.5 Å². The Bertz CT molecular complexity index is 1580. The van der Waals surface area contributed by atoms with E-state index in [9.17, 15) is 0 Å². The maximum atomic E-state index is 2.56. The first-order valence-electron chi connectivity index (χ1n) is 16.2. The molecule has 3 aliphatic rings. The average molecular weight is 573 g/mol. The van der Waals surface area contributed by atoms with Gasteiger partial charge in [-0.25, -0.2) is 0 Å². The van der Waals surface area contributed by atoms with Crippen molar-refractivity contribution in [1.82, 2.24) is 0 Å². The van der Waals surface area contributed by atoms with E-state index in [2.05, 4.69) is 146 Å². The fourth-order valence-corrected chi connectivity index (χ4v) is 9.59. The second-order valence-electron chi connectivity index (χ2n) is 15.7. The van der Waals surface area contributed by atoms with Crippen LogP contribution in [0.4, 0.5) is 0 Å². The lowest BCUT2D eigenvalue weighted by atomic mass is 9.36. The van der Waals surface area contributed by atoms with Crippen LogP contribution in [-0.2, 0) is 16.2 Å². The van der Waals surface area contributed by atoms with Crippen LogP contribution in [0.25, 0.3) is 0 Å². The summed E-state index contributed by atoms with van der Waals surface area (Å²) in [6.07, 6.45) is 14.5. The van der Waals surface area contributed by atoms with Crippen molar-refractivity contribution in [1.29, 1.82) is 0 Å². The second-order valence-corrected chi connectivity index (χ2v) is 16.8. The summed E-state index contributed by atoms with van der Waals surface area (Å²) in [5, 5.41) is 0. The monoisotopic (exact) mass is 572 g/mol. The molecule has 3 aromatic rings. The largest absolute Gasteiger partial charge is 0.254 e. The van der Waals surface area contributed by atoms with Crippen LogP contribution in [0, 0.1) is 12.8 Å². The summed E-state index contributed by atoms with van der Waals surface area (Å²) in [5.41, 5.74) is 12.6. The fourth-order valence-electron chi connectivity index (χ4n) is 7.77. The minimum Gasteiger partial charge on any atom is -0.153 e. The van der Waals surface area contributed by atoms with Gasteiger partial charge in [0.25, 0.3) is 6.71 Å². The van der Waals surface area contributed by atoms with Crippen molar-refractivity contribution in [3.8, 4) is 0 Å². The molecule has 1 aromatic heterocycles. The third-order valence-corrected chi connectivity index (χ3v) is 12.0. The molecule has 0 N–H and O–H groups in total. The van der Waals surface area contributed by atoms with Gasteiger partial charge in [0.15, 0.2) is 0 Å². The van der Waals surface area contributed by atoms with Gasteiger partial charge >= 0.3 is 0 Å². The van der Waals surface area contributed by atoms with Gasteiger partial charge in [-0.2, -0.15) is 11.3 Å². The molecule has 2 aromatic carbocycles. The Hall–Kier alpha value is -2.58. The van der Waals surface area contributed by atoms with Crippen LogP contribution in [0.15, 0.2) is 83.9 Å². The van der Waals surface area contributed by atoms with E-state index in [0.717, 1.165) is 12.8 Å². The van der Waals surface area contributed by atoms with Crippen LogP contribution in [-0.4, -0.2) is 6.71 Å². The molecule has 42 heavy (non-hydrogen) atoms. The van der Waals surface area contributed by atoms with Gasteiger partial charge in [-0.05, 0) is 81.8 Å². The molecule has 2 aliphatic carbocycles. The molecule has 0 nitrogen and oxygen atoms in total. The lowest BCUT2D eigenvalue weighted by Crippen LogP contribution is -2.46. The van der Waals surface area contributed by atoms with E-state index in [0.29, 0.717) is 11.8 Å². The summed E-state index contributed by atoms with van der Waals surface area (Å²) in [4.78, 5) is 1.64. The van der Waals surface area contributed by atoms with Crippen LogP contribution in [0.1, 0.15) is 120 Å². The Morgan fingerprint density at radius 3 is 2.33 bits per heavy atom. The van der Waals surface area contributed by atoms with Gasteiger partial charge < -0.3 is 0 Å². The van der Waals surface area contributed by atoms with Gasteiger partial charge in [-0.3, -0.25) is 0 Å².